The monoisotopic (exact) mass is 929 g/mol. The molecule has 2 heteroatoms. The molecule has 0 atom stereocenters. The van der Waals surface area contributed by atoms with Crippen LogP contribution in [0.25, 0.3) is 88.3 Å². The van der Waals surface area contributed by atoms with Gasteiger partial charge in [-0.2, -0.15) is 0 Å². The van der Waals surface area contributed by atoms with Crippen LogP contribution in [0.2, 0.25) is 0 Å². The highest BCUT2D eigenvalue weighted by molar-refractivity contribution is 6.06. The normalized spacial score (nSPS) is 12.5. The molecule has 0 amide bonds. The Labute approximate surface area is 425 Å². The zero-order valence-electron chi connectivity index (χ0n) is 40.0. The second kappa shape index (κ2) is 17.4. The number of para-hydroxylation sites is 1. The Morgan fingerprint density at radius 2 is 0.781 bits per heavy atom. The molecule has 0 spiro atoms. The van der Waals surface area contributed by atoms with Gasteiger partial charge in [0.25, 0.3) is 0 Å². The molecule has 0 N–H and O–H groups in total. The van der Waals surface area contributed by atoms with Gasteiger partial charge in [0.15, 0.2) is 0 Å². The first kappa shape index (κ1) is 42.4. The van der Waals surface area contributed by atoms with Crippen molar-refractivity contribution in [1.29, 1.82) is 0 Å². The lowest BCUT2D eigenvalue weighted by Gasteiger charge is -2.34. The van der Waals surface area contributed by atoms with E-state index in [1.807, 2.05) is 12.1 Å². The highest BCUT2D eigenvalue weighted by Crippen LogP contribution is 2.58. The maximum Gasteiger partial charge on any atom is 0.135 e. The third-order valence-electron chi connectivity index (χ3n) is 15.2. The van der Waals surface area contributed by atoms with Crippen molar-refractivity contribution in [3.8, 4) is 55.6 Å². The summed E-state index contributed by atoms with van der Waals surface area (Å²) in [5, 5.41) is 4.77. The molecule has 0 radical (unpaired) electrons. The Kier molecular flexibility index (Phi) is 10.1. The van der Waals surface area contributed by atoms with Crippen LogP contribution >= 0.6 is 0 Å². The molecule has 2 nitrogen and oxygen atoms in total. The summed E-state index contributed by atoms with van der Waals surface area (Å²) in [5.41, 5.74) is 21.7. The molecule has 1 heterocycles. The summed E-state index contributed by atoms with van der Waals surface area (Å²) in [6.45, 7) is 0. The van der Waals surface area contributed by atoms with E-state index >= 15 is 0 Å². The Balaban J connectivity index is 0.880. The van der Waals surface area contributed by atoms with Crippen LogP contribution < -0.4 is 4.90 Å². The standard InChI is InChI=1S/C71H47NO/c1-3-19-55(20-4-1)71(56-21-5-2-6-22-56)66-29-11-9-26-64(66)70-62(28-15-30-67(70)71)54-18-13-23-59(46-54)72(58-43-38-50(39-44-58)53-40-45-69-65(47-53)63-25-10-12-31-68(63)73-69)57-41-36-49(37-42-57)48-32-34-52(35-33-48)61-27-14-17-51-16-7-8-24-60(51)61/h1-47H. The fourth-order valence-corrected chi connectivity index (χ4v) is 11.8. The zero-order valence-corrected chi connectivity index (χ0v) is 40.0. The SMILES string of the molecule is c1ccc(C2(c3ccccc3)c3ccccc3-c3c(-c4cccc(N(c5ccc(-c6ccc(-c7cccc8ccccc78)cc6)cc5)c5ccc(-c6ccc7oc8ccccc8c7c6)cc5)c4)cccc32)cc1. The number of benzene rings is 12. The molecule has 14 rings (SSSR count). The summed E-state index contributed by atoms with van der Waals surface area (Å²) in [7, 11) is 0. The minimum Gasteiger partial charge on any atom is -0.456 e. The molecule has 13 aromatic rings. The Bertz CT molecular complexity index is 4130. The van der Waals surface area contributed by atoms with Gasteiger partial charge in [0.05, 0.1) is 5.41 Å². The van der Waals surface area contributed by atoms with Crippen LogP contribution in [0.4, 0.5) is 17.1 Å². The minimum absolute atomic E-state index is 0.483. The average molecular weight is 930 g/mol. The molecule has 1 aromatic heterocycles. The van der Waals surface area contributed by atoms with Gasteiger partial charge in [0.1, 0.15) is 11.2 Å². The molecule has 0 fully saturated rings. The first-order valence-electron chi connectivity index (χ1n) is 25.1. The summed E-state index contributed by atoms with van der Waals surface area (Å²) >= 11 is 0. The fourth-order valence-electron chi connectivity index (χ4n) is 11.8. The van der Waals surface area contributed by atoms with Gasteiger partial charge in [-0.05, 0) is 143 Å². The van der Waals surface area contributed by atoms with Crippen LogP contribution in [-0.4, -0.2) is 0 Å². The van der Waals surface area contributed by atoms with E-state index in [1.54, 1.807) is 0 Å². The van der Waals surface area contributed by atoms with Gasteiger partial charge in [-0.3, -0.25) is 0 Å². The smallest absolute Gasteiger partial charge is 0.135 e. The van der Waals surface area contributed by atoms with Crippen molar-refractivity contribution in [3.05, 3.63) is 307 Å². The molecule has 0 aliphatic heterocycles. The number of hydrogen-bond acceptors (Lipinski definition) is 2. The van der Waals surface area contributed by atoms with Gasteiger partial charge < -0.3 is 9.32 Å². The van der Waals surface area contributed by atoms with Crippen molar-refractivity contribution >= 4 is 49.8 Å². The van der Waals surface area contributed by atoms with Gasteiger partial charge in [0.2, 0.25) is 0 Å². The van der Waals surface area contributed by atoms with E-state index in [0.29, 0.717) is 0 Å². The summed E-state index contributed by atoms with van der Waals surface area (Å²) in [6.07, 6.45) is 0. The quantitative estimate of drug-likeness (QED) is 0.143. The first-order chi connectivity index (χ1) is 36.2. The fraction of sp³-hybridized carbons (Fsp3) is 0.0141. The Morgan fingerprint density at radius 3 is 1.52 bits per heavy atom. The summed E-state index contributed by atoms with van der Waals surface area (Å²) in [4.78, 5) is 2.39. The van der Waals surface area contributed by atoms with Crippen molar-refractivity contribution in [3.63, 3.8) is 0 Å². The molecule has 0 saturated heterocycles. The number of fused-ring (bicyclic) bond motifs is 7. The van der Waals surface area contributed by atoms with Crippen LogP contribution in [0, 0.1) is 0 Å². The van der Waals surface area contributed by atoms with E-state index in [-0.39, 0.29) is 0 Å². The van der Waals surface area contributed by atoms with Crippen LogP contribution in [0.1, 0.15) is 22.3 Å². The van der Waals surface area contributed by atoms with Crippen molar-refractivity contribution in [1.82, 2.24) is 0 Å². The maximum absolute atomic E-state index is 6.19. The van der Waals surface area contributed by atoms with Crippen LogP contribution in [0.5, 0.6) is 0 Å². The van der Waals surface area contributed by atoms with E-state index in [0.717, 1.165) is 55.7 Å². The van der Waals surface area contributed by atoms with Crippen LogP contribution in [0.3, 0.4) is 0 Å². The summed E-state index contributed by atoms with van der Waals surface area (Å²) < 4.78 is 6.19. The number of hydrogen-bond donors (Lipinski definition) is 0. The first-order valence-corrected chi connectivity index (χ1v) is 25.1. The van der Waals surface area contributed by atoms with E-state index in [1.165, 1.54) is 72.0 Å². The molecule has 12 aromatic carbocycles. The predicted octanol–water partition coefficient (Wildman–Crippen LogP) is 19.2. The second-order valence-corrected chi connectivity index (χ2v) is 19.1. The van der Waals surface area contributed by atoms with Gasteiger partial charge in [-0.25, -0.2) is 0 Å². The highest BCUT2D eigenvalue weighted by atomic mass is 16.3. The maximum atomic E-state index is 6.19. The second-order valence-electron chi connectivity index (χ2n) is 19.1. The van der Waals surface area contributed by atoms with Gasteiger partial charge in [-0.1, -0.05) is 231 Å². The van der Waals surface area contributed by atoms with Crippen molar-refractivity contribution < 1.29 is 4.42 Å². The van der Waals surface area contributed by atoms with E-state index < -0.39 is 5.41 Å². The van der Waals surface area contributed by atoms with Crippen molar-refractivity contribution in [2.24, 2.45) is 0 Å². The molecule has 0 saturated carbocycles. The summed E-state index contributed by atoms with van der Waals surface area (Å²) in [6, 6.07) is 104. The molecule has 342 valence electrons. The average Bonchev–Trinajstić information content (AvgIpc) is 4.04. The molecule has 1 aliphatic carbocycles. The van der Waals surface area contributed by atoms with Gasteiger partial charge in [0, 0.05) is 27.8 Å². The topological polar surface area (TPSA) is 16.4 Å². The zero-order chi connectivity index (χ0) is 48.3. The molecule has 0 unspecified atom stereocenters. The predicted molar refractivity (Wildman–Crippen MR) is 305 cm³/mol. The van der Waals surface area contributed by atoms with Crippen LogP contribution in [0.15, 0.2) is 290 Å². The third-order valence-corrected chi connectivity index (χ3v) is 15.2. The molecular formula is C71H47NO. The van der Waals surface area contributed by atoms with Crippen molar-refractivity contribution in [2.75, 3.05) is 4.90 Å². The Morgan fingerprint density at radius 1 is 0.274 bits per heavy atom. The number of furan rings is 1. The number of nitrogens with zero attached hydrogens (tertiary/aromatic N) is 1. The largest absolute Gasteiger partial charge is 0.456 e. The minimum atomic E-state index is -0.483. The van der Waals surface area contributed by atoms with E-state index in [2.05, 4.69) is 278 Å². The molecule has 0 bridgehead atoms. The van der Waals surface area contributed by atoms with Gasteiger partial charge in [-0.15, -0.1) is 0 Å². The molecule has 73 heavy (non-hydrogen) atoms. The Hall–Kier alpha value is -9.50. The number of anilines is 3. The van der Waals surface area contributed by atoms with E-state index in [9.17, 15) is 0 Å². The van der Waals surface area contributed by atoms with Crippen molar-refractivity contribution in [2.45, 2.75) is 5.41 Å². The lowest BCUT2D eigenvalue weighted by atomic mass is 9.67. The molecular weight excluding hydrogens is 883 g/mol. The lowest BCUT2D eigenvalue weighted by molar-refractivity contribution is 0.669. The highest BCUT2D eigenvalue weighted by Gasteiger charge is 2.46. The lowest BCUT2D eigenvalue weighted by Crippen LogP contribution is -2.28. The van der Waals surface area contributed by atoms with Gasteiger partial charge >= 0.3 is 0 Å². The van der Waals surface area contributed by atoms with Crippen LogP contribution in [-0.2, 0) is 5.41 Å². The summed E-state index contributed by atoms with van der Waals surface area (Å²) in [5.74, 6) is 0. The third kappa shape index (κ3) is 7.02. The molecule has 1 aliphatic rings. The van der Waals surface area contributed by atoms with E-state index in [4.69, 9.17) is 4.42 Å². The number of rotatable bonds is 9.